The van der Waals surface area contributed by atoms with Gasteiger partial charge in [-0.2, -0.15) is 9.98 Å². The van der Waals surface area contributed by atoms with Gasteiger partial charge in [0.2, 0.25) is 0 Å². The fourth-order valence-electron chi connectivity index (χ4n) is 3.15. The van der Waals surface area contributed by atoms with E-state index < -0.39 is 0 Å². The zero-order chi connectivity index (χ0) is 12.8. The van der Waals surface area contributed by atoms with Gasteiger partial charge >= 0.3 is 6.03 Å². The van der Waals surface area contributed by atoms with Crippen LogP contribution < -0.4 is 10.7 Å². The summed E-state index contributed by atoms with van der Waals surface area (Å²) in [6.07, 6.45) is 2.18. The molecule has 0 aromatic heterocycles. The van der Waals surface area contributed by atoms with Gasteiger partial charge in [0, 0.05) is 5.92 Å². The Morgan fingerprint density at radius 1 is 0.947 bits per heavy atom. The van der Waals surface area contributed by atoms with Crippen LogP contribution in [0.3, 0.4) is 0 Å². The van der Waals surface area contributed by atoms with Crippen LogP contribution in [0.25, 0.3) is 0 Å². The van der Waals surface area contributed by atoms with E-state index in [4.69, 9.17) is 0 Å². The molecule has 1 aliphatic heterocycles. The molecule has 0 fully saturated rings. The van der Waals surface area contributed by atoms with Gasteiger partial charge in [-0.3, -0.25) is 0 Å². The average Bonchev–Trinajstić information content (AvgIpc) is 3.00. The van der Waals surface area contributed by atoms with Crippen molar-refractivity contribution in [2.45, 2.75) is 18.8 Å². The van der Waals surface area contributed by atoms with E-state index in [2.05, 4.69) is 40.3 Å². The molecule has 0 N–H and O–H groups in total. The van der Waals surface area contributed by atoms with Crippen molar-refractivity contribution in [3.8, 4) is 0 Å². The largest absolute Gasteiger partial charge is 0.368 e. The molecule has 1 atom stereocenters. The second kappa shape index (κ2) is 3.85. The monoisotopic (exact) mass is 248 g/mol. The predicted molar refractivity (Wildman–Crippen MR) is 70.8 cm³/mol. The molecule has 2 aromatic carbocycles. The summed E-state index contributed by atoms with van der Waals surface area (Å²) in [7, 11) is 0. The highest BCUT2D eigenvalue weighted by Crippen LogP contribution is 2.36. The molecule has 0 bridgehead atoms. The number of urea groups is 1. The van der Waals surface area contributed by atoms with Crippen LogP contribution in [0.5, 0.6) is 0 Å². The lowest BCUT2D eigenvalue weighted by molar-refractivity contribution is 0.256. The minimum absolute atomic E-state index is 0.344. The summed E-state index contributed by atoms with van der Waals surface area (Å²) in [6, 6.07) is 14.0. The third-order valence-electron chi connectivity index (χ3n) is 3.98. The van der Waals surface area contributed by atoms with Crippen LogP contribution in [-0.2, 0) is 6.42 Å². The highest BCUT2D eigenvalue weighted by molar-refractivity contribution is 5.77. The molecule has 3 heteroatoms. The van der Waals surface area contributed by atoms with Crippen molar-refractivity contribution in [3.05, 3.63) is 69.9 Å². The lowest BCUT2D eigenvalue weighted by Crippen LogP contribution is -2.27. The Morgan fingerprint density at radius 2 is 1.79 bits per heavy atom. The summed E-state index contributed by atoms with van der Waals surface area (Å²) in [4.78, 5) is 19.4. The van der Waals surface area contributed by atoms with Crippen molar-refractivity contribution >= 4 is 6.03 Å². The minimum atomic E-state index is -0.381. The van der Waals surface area contributed by atoms with Crippen LogP contribution in [-0.4, -0.2) is 6.03 Å². The Kier molecular flexibility index (Phi) is 2.15. The van der Waals surface area contributed by atoms with Gasteiger partial charge in [-0.15, -0.1) is 0 Å². The van der Waals surface area contributed by atoms with E-state index in [0.29, 0.717) is 11.3 Å². The number of hydrogen-bond donors (Lipinski definition) is 0. The molecule has 1 unspecified atom stereocenters. The molecule has 1 aliphatic carbocycles. The maximum Gasteiger partial charge on any atom is 0.368 e. The summed E-state index contributed by atoms with van der Waals surface area (Å²) in [5, 5.41) is 1.49. The van der Waals surface area contributed by atoms with Crippen LogP contribution in [0.2, 0.25) is 0 Å². The first-order valence-corrected chi connectivity index (χ1v) is 6.51. The molecular weight excluding hydrogens is 236 g/mol. The molecule has 92 valence electrons. The third kappa shape index (κ3) is 1.55. The number of carbonyl (C=O) groups is 1. The van der Waals surface area contributed by atoms with Gasteiger partial charge in [-0.25, -0.2) is 4.79 Å². The number of nitrogens with zero attached hydrogens (tertiary/aromatic N) is 2. The number of para-hydroxylation sites is 1. The fraction of sp³-hybridized carbons (Fsp3) is 0.188. The van der Waals surface area contributed by atoms with E-state index >= 15 is 0 Å². The third-order valence-corrected chi connectivity index (χ3v) is 3.98. The minimum Gasteiger partial charge on any atom is -0.244 e. The Morgan fingerprint density at radius 3 is 2.74 bits per heavy atom. The molecule has 3 nitrogen and oxygen atoms in total. The second-order valence-corrected chi connectivity index (χ2v) is 5.01. The highest BCUT2D eigenvalue weighted by Gasteiger charge is 2.25. The molecule has 0 saturated carbocycles. The first-order valence-electron chi connectivity index (χ1n) is 6.51. The van der Waals surface area contributed by atoms with E-state index in [9.17, 15) is 4.79 Å². The standard InChI is InChI=1S/C16H12N2O/c19-16-17-14-7-3-6-13(15(14)18-16)12-9-8-10-4-1-2-5-11(10)12/h1-7,12H,8-9H2. The normalized spacial score (nSPS) is 19.6. The molecule has 4 rings (SSSR count). The molecule has 0 radical (unpaired) electrons. The zero-order valence-electron chi connectivity index (χ0n) is 10.3. The lowest BCUT2D eigenvalue weighted by Gasteiger charge is -2.11. The smallest absolute Gasteiger partial charge is 0.244 e. The summed E-state index contributed by atoms with van der Waals surface area (Å²) in [5.41, 5.74) is 3.91. The van der Waals surface area contributed by atoms with Crippen molar-refractivity contribution in [3.63, 3.8) is 0 Å². The van der Waals surface area contributed by atoms with E-state index in [1.165, 1.54) is 11.1 Å². The van der Waals surface area contributed by atoms with Crippen molar-refractivity contribution in [2.75, 3.05) is 0 Å². The maximum atomic E-state index is 11.4. The van der Waals surface area contributed by atoms with Gasteiger partial charge in [0.15, 0.2) is 0 Å². The van der Waals surface area contributed by atoms with Gasteiger partial charge in [0.1, 0.15) is 0 Å². The van der Waals surface area contributed by atoms with Crippen molar-refractivity contribution < 1.29 is 4.79 Å². The SMILES string of the molecule is O=C1N=c2cccc(C3CCc4ccccc43)c2=N1. The number of rotatable bonds is 1. The molecule has 0 saturated heterocycles. The van der Waals surface area contributed by atoms with Crippen molar-refractivity contribution in [2.24, 2.45) is 9.98 Å². The number of carbonyl (C=O) groups excluding carboxylic acids is 1. The number of amides is 2. The number of aryl methyl sites for hydroxylation is 1. The van der Waals surface area contributed by atoms with Crippen LogP contribution in [0.1, 0.15) is 29.0 Å². The van der Waals surface area contributed by atoms with E-state index in [-0.39, 0.29) is 6.03 Å². The van der Waals surface area contributed by atoms with Gasteiger partial charge in [-0.05, 0) is 35.6 Å². The number of hydrogen-bond acceptors (Lipinski definition) is 1. The van der Waals surface area contributed by atoms with Crippen LogP contribution in [0, 0.1) is 0 Å². The molecule has 1 heterocycles. The van der Waals surface area contributed by atoms with Crippen LogP contribution in [0.4, 0.5) is 4.79 Å². The average molecular weight is 248 g/mol. The zero-order valence-corrected chi connectivity index (χ0v) is 10.3. The molecule has 2 aliphatic rings. The summed E-state index contributed by atoms with van der Waals surface area (Å²) in [6.45, 7) is 0. The topological polar surface area (TPSA) is 41.8 Å². The first kappa shape index (κ1) is 10.6. The Labute approximate surface area is 110 Å². The van der Waals surface area contributed by atoms with Crippen molar-refractivity contribution in [1.29, 1.82) is 0 Å². The Balaban J connectivity index is 1.94. The summed E-state index contributed by atoms with van der Waals surface area (Å²) in [5.74, 6) is 0.344. The predicted octanol–water partition coefficient (Wildman–Crippen LogP) is 2.14. The van der Waals surface area contributed by atoms with Gasteiger partial charge in [-0.1, -0.05) is 36.4 Å². The molecule has 19 heavy (non-hydrogen) atoms. The summed E-state index contributed by atoms with van der Waals surface area (Å²) >= 11 is 0. The fourth-order valence-corrected chi connectivity index (χ4v) is 3.15. The second-order valence-electron chi connectivity index (χ2n) is 5.01. The van der Waals surface area contributed by atoms with Crippen LogP contribution in [0.15, 0.2) is 52.4 Å². The van der Waals surface area contributed by atoms with Gasteiger partial charge in [0.05, 0.1) is 10.7 Å². The van der Waals surface area contributed by atoms with E-state index in [0.717, 1.165) is 23.8 Å². The highest BCUT2D eigenvalue weighted by atomic mass is 16.2. The van der Waals surface area contributed by atoms with Gasteiger partial charge < -0.3 is 0 Å². The Hall–Kier alpha value is -2.29. The van der Waals surface area contributed by atoms with Crippen molar-refractivity contribution in [1.82, 2.24) is 0 Å². The molecular formula is C16H12N2O. The van der Waals surface area contributed by atoms with E-state index in [1.54, 1.807) is 0 Å². The molecule has 2 amide bonds. The lowest BCUT2D eigenvalue weighted by atomic mass is 9.92. The van der Waals surface area contributed by atoms with Gasteiger partial charge in [0.25, 0.3) is 0 Å². The molecule has 0 spiro atoms. The summed E-state index contributed by atoms with van der Waals surface area (Å²) < 4.78 is 0. The number of benzene rings is 2. The first-order chi connectivity index (χ1) is 9.33. The quantitative estimate of drug-likeness (QED) is 0.762. The van der Waals surface area contributed by atoms with Crippen LogP contribution >= 0.6 is 0 Å². The number of fused-ring (bicyclic) bond motifs is 2. The molecule has 2 aromatic rings. The Bertz CT molecular complexity index is 808. The maximum absolute atomic E-state index is 11.4. The van der Waals surface area contributed by atoms with E-state index in [1.807, 2.05) is 12.1 Å².